The molecule has 0 aliphatic carbocycles. The van der Waals surface area contributed by atoms with Crippen molar-refractivity contribution in [2.75, 3.05) is 31.6 Å². The normalized spacial score (nSPS) is 24.8. The predicted octanol–water partition coefficient (Wildman–Crippen LogP) is 1.73. The Balaban J connectivity index is 1.34. The lowest BCUT2D eigenvalue weighted by Crippen LogP contribution is -2.62. The summed E-state index contributed by atoms with van der Waals surface area (Å²) in [6, 6.07) is 5.26. The van der Waals surface area contributed by atoms with Crippen LogP contribution < -0.4 is 5.32 Å². The summed E-state index contributed by atoms with van der Waals surface area (Å²) in [6.45, 7) is 1.48. The van der Waals surface area contributed by atoms with Crippen molar-refractivity contribution in [3.8, 4) is 11.1 Å². The van der Waals surface area contributed by atoms with Crippen LogP contribution in [0.2, 0.25) is 5.02 Å². The maximum Gasteiger partial charge on any atom is 0.131 e. The minimum atomic E-state index is -1.21. The largest absolute Gasteiger partial charge is 0.395 e. The molecule has 2 aromatic rings. The first-order valence-corrected chi connectivity index (χ1v) is 10.7. The van der Waals surface area contributed by atoms with Crippen LogP contribution in [0.4, 0.5) is 5.69 Å². The van der Waals surface area contributed by atoms with Gasteiger partial charge in [0.2, 0.25) is 0 Å². The highest BCUT2D eigenvalue weighted by atomic mass is 35.5. The molecule has 3 rings (SSSR count). The fourth-order valence-corrected chi connectivity index (χ4v) is 4.08. The number of nitrogens with zero attached hydrogens (tertiary/aromatic N) is 2. The van der Waals surface area contributed by atoms with E-state index in [2.05, 4.69) is 10.5 Å². The minimum absolute atomic E-state index is 0.245. The summed E-state index contributed by atoms with van der Waals surface area (Å²) < 4.78 is 4.86. The van der Waals surface area contributed by atoms with Gasteiger partial charge < -0.3 is 30.3 Å². The number of aromatic nitrogens is 1. The molecule has 166 valence electrons. The molecule has 1 aliphatic heterocycles. The summed E-state index contributed by atoms with van der Waals surface area (Å²) in [6.07, 6.45) is 3.78. The van der Waals surface area contributed by atoms with Crippen molar-refractivity contribution in [3.63, 3.8) is 0 Å². The molecule has 9 heteroatoms. The molecule has 2 heterocycles. The second-order valence-electron chi connectivity index (χ2n) is 7.74. The molecule has 0 spiro atoms. The monoisotopic (exact) mass is 439 g/mol. The van der Waals surface area contributed by atoms with E-state index in [0.717, 1.165) is 49.0 Å². The van der Waals surface area contributed by atoms with Crippen LogP contribution in [0, 0.1) is 0 Å². The molecule has 1 aromatic carbocycles. The Kier molecular flexibility index (Phi) is 8.50. The van der Waals surface area contributed by atoms with Crippen molar-refractivity contribution in [1.82, 2.24) is 10.1 Å². The molecule has 8 nitrogen and oxygen atoms in total. The van der Waals surface area contributed by atoms with E-state index in [4.69, 9.17) is 16.1 Å². The molecule has 30 heavy (non-hydrogen) atoms. The molecule has 1 aliphatic rings. The van der Waals surface area contributed by atoms with Crippen molar-refractivity contribution in [3.05, 3.63) is 35.7 Å². The molecule has 0 bridgehead atoms. The number of benzene rings is 1. The maximum atomic E-state index is 10.0. The smallest absolute Gasteiger partial charge is 0.131 e. The zero-order chi connectivity index (χ0) is 21.5. The van der Waals surface area contributed by atoms with Gasteiger partial charge in [0.05, 0.1) is 35.7 Å². The van der Waals surface area contributed by atoms with Crippen LogP contribution in [-0.2, 0) is 0 Å². The van der Waals surface area contributed by atoms with Gasteiger partial charge in [-0.05, 0) is 37.1 Å². The van der Waals surface area contributed by atoms with E-state index < -0.39 is 24.4 Å². The standard InChI is InChI=1S/C21H30ClN3O5/c22-16-9-14(15-10-24-30-13-15)5-6-17(16)23-7-3-1-2-4-8-25-11-19(27)21(29)20(28)18(25)12-26/h5-6,9-10,13,18-21,23,26-29H,1-4,7-8,11-12H2/t18-,19+,20-,21-/m1/s1. The van der Waals surface area contributed by atoms with Gasteiger partial charge in [-0.3, -0.25) is 4.90 Å². The summed E-state index contributed by atoms with van der Waals surface area (Å²) in [5, 5.41) is 46.8. The quantitative estimate of drug-likeness (QED) is 0.355. The first kappa shape index (κ1) is 23.0. The fraction of sp³-hybridized carbons (Fsp3) is 0.571. The SMILES string of the molecule is OC[C@@H]1[C@@H](O)[C@H](O)[C@@H](O)CN1CCCCCCNc1ccc(-c2cnoc2)cc1Cl. The van der Waals surface area contributed by atoms with E-state index in [1.165, 1.54) is 0 Å². The number of likely N-dealkylation sites (tertiary alicyclic amines) is 1. The first-order valence-electron chi connectivity index (χ1n) is 10.3. The van der Waals surface area contributed by atoms with Gasteiger partial charge in [0.25, 0.3) is 0 Å². The zero-order valence-corrected chi connectivity index (χ0v) is 17.6. The molecule has 1 saturated heterocycles. The topological polar surface area (TPSA) is 122 Å². The maximum absolute atomic E-state index is 10.0. The van der Waals surface area contributed by atoms with E-state index in [-0.39, 0.29) is 13.2 Å². The third-order valence-electron chi connectivity index (χ3n) is 5.64. The van der Waals surface area contributed by atoms with Gasteiger partial charge in [-0.25, -0.2) is 0 Å². The number of β-amino-alcohol motifs (C(OH)–C–C–N with tert-alkyl or cyclic N) is 1. The summed E-state index contributed by atoms with van der Waals surface area (Å²) in [5.74, 6) is 0. The van der Waals surface area contributed by atoms with Gasteiger partial charge in [0, 0.05) is 18.7 Å². The highest BCUT2D eigenvalue weighted by Crippen LogP contribution is 2.28. The second-order valence-corrected chi connectivity index (χ2v) is 8.15. The Morgan fingerprint density at radius 3 is 2.60 bits per heavy atom. The van der Waals surface area contributed by atoms with Crippen LogP contribution in [0.15, 0.2) is 35.2 Å². The van der Waals surface area contributed by atoms with E-state index in [9.17, 15) is 20.4 Å². The fourth-order valence-electron chi connectivity index (χ4n) is 3.84. The van der Waals surface area contributed by atoms with Crippen molar-refractivity contribution in [1.29, 1.82) is 0 Å². The number of anilines is 1. The average molecular weight is 440 g/mol. The van der Waals surface area contributed by atoms with Crippen LogP contribution >= 0.6 is 11.6 Å². The predicted molar refractivity (Wildman–Crippen MR) is 114 cm³/mol. The molecule has 1 fully saturated rings. The highest BCUT2D eigenvalue weighted by Gasteiger charge is 2.40. The van der Waals surface area contributed by atoms with Gasteiger partial charge in [0.1, 0.15) is 18.5 Å². The number of aliphatic hydroxyl groups is 4. The Hall–Kier alpha value is -1.68. The first-order chi connectivity index (χ1) is 14.5. The Morgan fingerprint density at radius 2 is 1.90 bits per heavy atom. The van der Waals surface area contributed by atoms with Gasteiger partial charge >= 0.3 is 0 Å². The van der Waals surface area contributed by atoms with E-state index in [1.807, 2.05) is 23.1 Å². The molecule has 1 aromatic heterocycles. The molecule has 0 unspecified atom stereocenters. The van der Waals surface area contributed by atoms with E-state index in [1.54, 1.807) is 12.5 Å². The highest BCUT2D eigenvalue weighted by molar-refractivity contribution is 6.33. The molecular weight excluding hydrogens is 410 g/mol. The van der Waals surface area contributed by atoms with Crippen molar-refractivity contribution in [2.24, 2.45) is 0 Å². The van der Waals surface area contributed by atoms with Crippen molar-refractivity contribution in [2.45, 2.75) is 50.0 Å². The number of halogens is 1. The lowest BCUT2D eigenvalue weighted by atomic mass is 9.94. The summed E-state index contributed by atoms with van der Waals surface area (Å²) in [5.41, 5.74) is 2.72. The minimum Gasteiger partial charge on any atom is -0.395 e. The summed E-state index contributed by atoms with van der Waals surface area (Å²) in [7, 11) is 0. The summed E-state index contributed by atoms with van der Waals surface area (Å²) >= 11 is 6.36. The number of rotatable bonds is 10. The molecule has 0 saturated carbocycles. The second kappa shape index (κ2) is 11.1. The lowest BCUT2D eigenvalue weighted by Gasteiger charge is -2.43. The van der Waals surface area contributed by atoms with Crippen LogP contribution in [0.25, 0.3) is 11.1 Å². The molecule has 0 amide bonds. The number of piperidine rings is 1. The van der Waals surface area contributed by atoms with Crippen LogP contribution in [0.5, 0.6) is 0 Å². The lowest BCUT2D eigenvalue weighted by molar-refractivity contribution is -0.145. The number of nitrogens with one attached hydrogen (secondary N) is 1. The summed E-state index contributed by atoms with van der Waals surface area (Å²) in [4.78, 5) is 1.86. The number of unbranched alkanes of at least 4 members (excludes halogenated alkanes) is 3. The molecule has 5 N–H and O–H groups in total. The van der Waals surface area contributed by atoms with Crippen LogP contribution in [0.3, 0.4) is 0 Å². The van der Waals surface area contributed by atoms with Crippen LogP contribution in [0.1, 0.15) is 25.7 Å². The Morgan fingerprint density at radius 1 is 1.10 bits per heavy atom. The Labute approximate surface area is 181 Å². The van der Waals surface area contributed by atoms with E-state index in [0.29, 0.717) is 11.6 Å². The molecule has 0 radical (unpaired) electrons. The van der Waals surface area contributed by atoms with Gasteiger partial charge in [-0.2, -0.15) is 0 Å². The number of hydrogen-bond acceptors (Lipinski definition) is 8. The van der Waals surface area contributed by atoms with Gasteiger partial charge in [0.15, 0.2) is 0 Å². The number of aliphatic hydroxyl groups excluding tert-OH is 4. The van der Waals surface area contributed by atoms with Crippen molar-refractivity contribution >= 4 is 17.3 Å². The number of hydrogen-bond donors (Lipinski definition) is 5. The Bertz CT molecular complexity index is 776. The van der Waals surface area contributed by atoms with Crippen molar-refractivity contribution < 1.29 is 24.9 Å². The zero-order valence-electron chi connectivity index (χ0n) is 16.8. The molecular formula is C21H30ClN3O5. The third kappa shape index (κ3) is 5.72. The average Bonchev–Trinajstić information content (AvgIpc) is 3.27. The van der Waals surface area contributed by atoms with Gasteiger partial charge in [-0.15, -0.1) is 0 Å². The molecule has 4 atom stereocenters. The van der Waals surface area contributed by atoms with Crippen LogP contribution in [-0.4, -0.2) is 81.1 Å². The third-order valence-corrected chi connectivity index (χ3v) is 5.95. The van der Waals surface area contributed by atoms with E-state index >= 15 is 0 Å². The van der Waals surface area contributed by atoms with Gasteiger partial charge in [-0.1, -0.05) is 35.7 Å².